The van der Waals surface area contributed by atoms with Crippen molar-refractivity contribution >= 4 is 5.82 Å². The molecule has 2 aromatic heterocycles. The van der Waals surface area contributed by atoms with Gasteiger partial charge in [0.05, 0.1) is 17.0 Å². The maximum Gasteiger partial charge on any atom is 0.186 e. The minimum atomic E-state index is -0.424. The van der Waals surface area contributed by atoms with Crippen molar-refractivity contribution in [3.8, 4) is 11.4 Å². The molecule has 0 spiro atoms. The Morgan fingerprint density at radius 2 is 1.89 bits per heavy atom. The summed E-state index contributed by atoms with van der Waals surface area (Å²) < 4.78 is 18.9. The fourth-order valence-electron chi connectivity index (χ4n) is 1.76. The van der Waals surface area contributed by atoms with E-state index in [9.17, 15) is 4.39 Å². The van der Waals surface area contributed by atoms with Gasteiger partial charge in [-0.25, -0.2) is 14.4 Å². The highest BCUT2D eigenvalue weighted by Crippen LogP contribution is 2.26. The number of anilines is 1. The van der Waals surface area contributed by atoms with Crippen molar-refractivity contribution in [1.29, 1.82) is 0 Å². The third kappa shape index (κ3) is 2.05. The Morgan fingerprint density at radius 3 is 2.44 bits per heavy atom. The van der Waals surface area contributed by atoms with Crippen molar-refractivity contribution in [3.05, 3.63) is 23.0 Å². The number of nitrogens with zero attached hydrogens (tertiary/aromatic N) is 3. The summed E-state index contributed by atoms with van der Waals surface area (Å²) >= 11 is 0. The first-order valence-electron chi connectivity index (χ1n) is 5.75. The third-order valence-electron chi connectivity index (χ3n) is 2.62. The van der Waals surface area contributed by atoms with Crippen molar-refractivity contribution in [3.63, 3.8) is 0 Å². The number of aryl methyl sites for hydroxylation is 3. The van der Waals surface area contributed by atoms with Gasteiger partial charge in [0, 0.05) is 6.54 Å². The molecular weight excluding hydrogens is 235 g/mol. The van der Waals surface area contributed by atoms with E-state index in [0.717, 1.165) is 5.56 Å². The van der Waals surface area contributed by atoms with Gasteiger partial charge in [-0.3, -0.25) is 0 Å². The normalized spacial score (nSPS) is 10.7. The highest BCUT2D eigenvalue weighted by atomic mass is 19.1. The van der Waals surface area contributed by atoms with Crippen molar-refractivity contribution < 1.29 is 8.91 Å². The molecule has 0 atom stereocenters. The number of hydrogen-bond donors (Lipinski definition) is 1. The van der Waals surface area contributed by atoms with Gasteiger partial charge < -0.3 is 9.84 Å². The summed E-state index contributed by atoms with van der Waals surface area (Å²) in [6, 6.07) is 0. The summed E-state index contributed by atoms with van der Waals surface area (Å²) in [5, 5.41) is 6.73. The van der Waals surface area contributed by atoms with Gasteiger partial charge in [0.25, 0.3) is 0 Å². The van der Waals surface area contributed by atoms with Crippen LogP contribution in [0.25, 0.3) is 11.4 Å². The predicted molar refractivity (Wildman–Crippen MR) is 65.9 cm³/mol. The van der Waals surface area contributed by atoms with Crippen LogP contribution in [-0.2, 0) is 0 Å². The van der Waals surface area contributed by atoms with Gasteiger partial charge in [0.15, 0.2) is 17.5 Å². The van der Waals surface area contributed by atoms with Gasteiger partial charge in [-0.15, -0.1) is 0 Å². The second-order valence-corrected chi connectivity index (χ2v) is 4.02. The number of rotatable bonds is 3. The van der Waals surface area contributed by atoms with E-state index in [4.69, 9.17) is 4.52 Å². The highest BCUT2D eigenvalue weighted by Gasteiger charge is 2.18. The van der Waals surface area contributed by atoms with E-state index < -0.39 is 5.82 Å². The molecule has 6 heteroatoms. The van der Waals surface area contributed by atoms with Crippen LogP contribution in [0.2, 0.25) is 0 Å². The van der Waals surface area contributed by atoms with Crippen LogP contribution in [0.4, 0.5) is 10.2 Å². The lowest BCUT2D eigenvalue weighted by atomic mass is 10.2. The zero-order valence-electron chi connectivity index (χ0n) is 10.8. The van der Waals surface area contributed by atoms with Crippen LogP contribution in [0.15, 0.2) is 4.52 Å². The molecule has 0 fully saturated rings. The van der Waals surface area contributed by atoms with E-state index in [0.29, 0.717) is 29.5 Å². The summed E-state index contributed by atoms with van der Waals surface area (Å²) in [6.45, 7) is 7.67. The molecular formula is C12H15FN4O. The fourth-order valence-corrected chi connectivity index (χ4v) is 1.76. The SMILES string of the molecule is CCNc1nc(-c2c(C)noc2C)nc(C)c1F. The Labute approximate surface area is 104 Å². The Balaban J connectivity index is 2.59. The van der Waals surface area contributed by atoms with E-state index in [-0.39, 0.29) is 5.82 Å². The average Bonchev–Trinajstić information content (AvgIpc) is 2.65. The standard InChI is InChI=1S/C12H15FN4O/c1-5-14-12-10(13)7(3)15-11(16-12)9-6(2)17-18-8(9)4/h5H2,1-4H3,(H,14,15,16). The molecule has 2 heterocycles. The maximum absolute atomic E-state index is 13.8. The largest absolute Gasteiger partial charge is 0.368 e. The zero-order valence-corrected chi connectivity index (χ0v) is 10.8. The molecule has 0 saturated carbocycles. The number of aromatic nitrogens is 3. The second kappa shape index (κ2) is 4.72. The Morgan fingerprint density at radius 1 is 1.17 bits per heavy atom. The molecule has 2 aromatic rings. The van der Waals surface area contributed by atoms with Gasteiger partial charge in [-0.1, -0.05) is 5.16 Å². The van der Waals surface area contributed by atoms with Gasteiger partial charge in [-0.05, 0) is 27.7 Å². The molecule has 0 radical (unpaired) electrons. The van der Waals surface area contributed by atoms with Crippen LogP contribution >= 0.6 is 0 Å². The summed E-state index contributed by atoms with van der Waals surface area (Å²) in [6.07, 6.45) is 0. The molecule has 0 aliphatic heterocycles. The fraction of sp³-hybridized carbons (Fsp3) is 0.417. The smallest absolute Gasteiger partial charge is 0.186 e. The topological polar surface area (TPSA) is 63.8 Å². The van der Waals surface area contributed by atoms with Crippen LogP contribution in [0.3, 0.4) is 0 Å². The lowest BCUT2D eigenvalue weighted by molar-refractivity contribution is 0.393. The Kier molecular flexibility index (Phi) is 3.27. The molecule has 0 amide bonds. The Hall–Kier alpha value is -1.98. The van der Waals surface area contributed by atoms with Crippen LogP contribution in [0.5, 0.6) is 0 Å². The van der Waals surface area contributed by atoms with Crippen molar-refractivity contribution in [2.45, 2.75) is 27.7 Å². The van der Waals surface area contributed by atoms with Crippen molar-refractivity contribution in [2.24, 2.45) is 0 Å². The molecule has 0 unspecified atom stereocenters. The first-order chi connectivity index (χ1) is 8.54. The number of hydrogen-bond acceptors (Lipinski definition) is 5. The quantitative estimate of drug-likeness (QED) is 0.907. The molecule has 0 bridgehead atoms. The molecule has 18 heavy (non-hydrogen) atoms. The van der Waals surface area contributed by atoms with E-state index in [2.05, 4.69) is 20.4 Å². The first-order valence-corrected chi connectivity index (χ1v) is 5.75. The molecule has 5 nitrogen and oxygen atoms in total. The van der Waals surface area contributed by atoms with Crippen LogP contribution in [-0.4, -0.2) is 21.7 Å². The first kappa shape index (κ1) is 12.5. The van der Waals surface area contributed by atoms with Gasteiger partial charge in [0.2, 0.25) is 0 Å². The van der Waals surface area contributed by atoms with Gasteiger partial charge in [-0.2, -0.15) is 0 Å². The summed E-state index contributed by atoms with van der Waals surface area (Å²) in [7, 11) is 0. The molecule has 0 aromatic carbocycles. The minimum absolute atomic E-state index is 0.208. The predicted octanol–water partition coefficient (Wildman–Crippen LogP) is 2.63. The van der Waals surface area contributed by atoms with Gasteiger partial charge >= 0.3 is 0 Å². The molecule has 2 rings (SSSR count). The number of halogens is 1. The van der Waals surface area contributed by atoms with Gasteiger partial charge in [0.1, 0.15) is 5.76 Å². The highest BCUT2D eigenvalue weighted by molar-refractivity contribution is 5.62. The summed E-state index contributed by atoms with van der Waals surface area (Å²) in [5.41, 5.74) is 1.72. The zero-order chi connectivity index (χ0) is 13.3. The average molecular weight is 250 g/mol. The maximum atomic E-state index is 13.8. The van der Waals surface area contributed by atoms with Crippen LogP contribution in [0, 0.1) is 26.6 Å². The summed E-state index contributed by atoms with van der Waals surface area (Å²) in [5.74, 6) is 0.842. The number of nitrogens with one attached hydrogen (secondary N) is 1. The molecule has 1 N–H and O–H groups in total. The lowest BCUT2D eigenvalue weighted by Gasteiger charge is -2.08. The van der Waals surface area contributed by atoms with Crippen LogP contribution < -0.4 is 5.32 Å². The molecule has 0 aliphatic carbocycles. The minimum Gasteiger partial charge on any atom is -0.368 e. The summed E-state index contributed by atoms with van der Waals surface area (Å²) in [4.78, 5) is 8.34. The van der Waals surface area contributed by atoms with E-state index in [1.165, 1.54) is 0 Å². The van der Waals surface area contributed by atoms with Crippen LogP contribution in [0.1, 0.15) is 24.1 Å². The monoisotopic (exact) mass is 250 g/mol. The lowest BCUT2D eigenvalue weighted by Crippen LogP contribution is -2.07. The molecule has 0 aliphatic rings. The van der Waals surface area contributed by atoms with E-state index in [1.807, 2.05) is 6.92 Å². The Bertz CT molecular complexity index is 560. The molecule has 96 valence electrons. The third-order valence-corrected chi connectivity index (χ3v) is 2.62. The second-order valence-electron chi connectivity index (χ2n) is 4.02. The molecule has 0 saturated heterocycles. The van der Waals surface area contributed by atoms with E-state index in [1.54, 1.807) is 20.8 Å². The van der Waals surface area contributed by atoms with E-state index >= 15 is 0 Å². The van der Waals surface area contributed by atoms with Crippen molar-refractivity contribution in [2.75, 3.05) is 11.9 Å². The van der Waals surface area contributed by atoms with Crippen molar-refractivity contribution in [1.82, 2.24) is 15.1 Å².